The average Bonchev–Trinajstić information content (AvgIpc) is 2.78. The van der Waals surface area contributed by atoms with Crippen LogP contribution >= 0.6 is 0 Å². The quantitative estimate of drug-likeness (QED) is 0.767. The maximum absolute atomic E-state index is 6.80. The van der Waals surface area contributed by atoms with E-state index in [0.29, 0.717) is 0 Å². The molecule has 4 rings (SSSR count). The van der Waals surface area contributed by atoms with Gasteiger partial charge in [0.1, 0.15) is 7.05 Å². The summed E-state index contributed by atoms with van der Waals surface area (Å²) in [5.41, 5.74) is 4.38. The number of anilines is 1. The number of benzene rings is 1. The summed E-state index contributed by atoms with van der Waals surface area (Å²) in [6.45, 7) is 9.91. The van der Waals surface area contributed by atoms with Crippen LogP contribution in [0.5, 0.6) is 5.75 Å². The minimum absolute atomic E-state index is 0.142. The Balaban J connectivity index is 1.91. The van der Waals surface area contributed by atoms with Gasteiger partial charge in [-0.05, 0) is 44.0 Å². The Kier molecular flexibility index (Phi) is 3.47. The first-order valence-electron chi connectivity index (χ1n) is 9.17. The number of hydrogen-bond donors (Lipinski definition) is 0. The normalized spacial score (nSPS) is 22.7. The zero-order valence-corrected chi connectivity index (χ0v) is 15.8. The molecule has 2 aliphatic rings. The van der Waals surface area contributed by atoms with Crippen molar-refractivity contribution in [3.63, 3.8) is 0 Å². The van der Waals surface area contributed by atoms with E-state index < -0.39 is 5.72 Å². The van der Waals surface area contributed by atoms with Crippen LogP contribution in [0, 0.1) is 6.92 Å². The fourth-order valence-electron chi connectivity index (χ4n) is 4.36. The van der Waals surface area contributed by atoms with Gasteiger partial charge in [-0.25, -0.2) is 0 Å². The molecule has 0 fully saturated rings. The molecule has 0 bridgehead atoms. The molecular weight excluding hydrogens is 308 g/mol. The first-order chi connectivity index (χ1) is 11.9. The number of rotatable bonds is 2. The van der Waals surface area contributed by atoms with E-state index in [1.807, 2.05) is 0 Å². The summed E-state index contributed by atoms with van der Waals surface area (Å²) < 4.78 is 8.99. The topological polar surface area (TPSA) is 16.4 Å². The van der Waals surface area contributed by atoms with Crippen molar-refractivity contribution in [1.82, 2.24) is 0 Å². The smallest absolute Gasteiger partial charge is 0.247 e. The molecule has 0 N–H and O–H groups in total. The van der Waals surface area contributed by atoms with Crippen molar-refractivity contribution in [3.05, 3.63) is 59.4 Å². The zero-order valence-electron chi connectivity index (χ0n) is 15.8. The van der Waals surface area contributed by atoms with Crippen molar-refractivity contribution in [1.29, 1.82) is 0 Å². The Labute approximate surface area is 150 Å². The van der Waals surface area contributed by atoms with Crippen LogP contribution in [0.3, 0.4) is 0 Å². The SMILES string of the molecule is CCCN1c2ccccc2C(C)(C)C12C=Cc1c(ccc(C)[n+]1C)O2. The second kappa shape index (κ2) is 5.35. The number of pyridine rings is 1. The number of fused-ring (bicyclic) bond motifs is 2. The van der Waals surface area contributed by atoms with Gasteiger partial charge in [0.05, 0.1) is 5.41 Å². The van der Waals surface area contributed by atoms with Crippen molar-refractivity contribution in [2.45, 2.75) is 45.3 Å². The highest BCUT2D eigenvalue weighted by molar-refractivity contribution is 5.71. The van der Waals surface area contributed by atoms with E-state index in [2.05, 4.69) is 92.8 Å². The molecule has 3 heterocycles. The van der Waals surface area contributed by atoms with Crippen LogP contribution in [-0.4, -0.2) is 12.3 Å². The van der Waals surface area contributed by atoms with E-state index in [4.69, 9.17) is 4.74 Å². The van der Waals surface area contributed by atoms with Gasteiger partial charge in [0.2, 0.25) is 11.4 Å². The Morgan fingerprint density at radius 1 is 1.12 bits per heavy atom. The number of aryl methyl sites for hydroxylation is 1. The fraction of sp³-hybridized carbons (Fsp3) is 0.409. The minimum Gasteiger partial charge on any atom is -0.456 e. The second-order valence-corrected chi connectivity index (χ2v) is 7.71. The van der Waals surface area contributed by atoms with E-state index in [0.717, 1.165) is 24.4 Å². The van der Waals surface area contributed by atoms with Crippen molar-refractivity contribution in [3.8, 4) is 5.75 Å². The van der Waals surface area contributed by atoms with Gasteiger partial charge in [-0.2, -0.15) is 4.57 Å². The van der Waals surface area contributed by atoms with E-state index >= 15 is 0 Å². The molecule has 0 saturated heterocycles. The number of para-hydroxylation sites is 1. The first-order valence-corrected chi connectivity index (χ1v) is 9.17. The highest BCUT2D eigenvalue weighted by atomic mass is 16.5. The van der Waals surface area contributed by atoms with Gasteiger partial charge in [-0.1, -0.05) is 25.1 Å². The molecule has 0 radical (unpaired) electrons. The molecule has 1 atom stereocenters. The van der Waals surface area contributed by atoms with Crippen LogP contribution in [0.2, 0.25) is 0 Å². The van der Waals surface area contributed by atoms with Gasteiger partial charge in [0, 0.05) is 31.3 Å². The third-order valence-corrected chi connectivity index (χ3v) is 5.96. The van der Waals surface area contributed by atoms with Gasteiger partial charge < -0.3 is 9.64 Å². The Morgan fingerprint density at radius 3 is 2.64 bits per heavy atom. The molecule has 1 unspecified atom stereocenters. The number of ether oxygens (including phenoxy) is 1. The summed E-state index contributed by atoms with van der Waals surface area (Å²) in [7, 11) is 2.10. The van der Waals surface area contributed by atoms with Crippen molar-refractivity contribution < 1.29 is 9.30 Å². The molecule has 1 aromatic carbocycles. The third-order valence-electron chi connectivity index (χ3n) is 5.96. The van der Waals surface area contributed by atoms with Gasteiger partial charge in [0.25, 0.3) is 0 Å². The van der Waals surface area contributed by atoms with E-state index in [9.17, 15) is 0 Å². The van der Waals surface area contributed by atoms with Crippen LogP contribution in [0.25, 0.3) is 6.08 Å². The zero-order chi connectivity index (χ0) is 17.8. The van der Waals surface area contributed by atoms with Gasteiger partial charge in [-0.15, -0.1) is 0 Å². The first kappa shape index (κ1) is 16.2. The molecule has 2 aliphatic heterocycles. The maximum atomic E-state index is 6.80. The molecule has 1 spiro atoms. The molecule has 3 nitrogen and oxygen atoms in total. The summed E-state index contributed by atoms with van der Waals surface area (Å²) >= 11 is 0. The highest BCUT2D eigenvalue weighted by Crippen LogP contribution is 2.54. The molecule has 0 aliphatic carbocycles. The van der Waals surface area contributed by atoms with E-state index in [1.54, 1.807) is 0 Å². The summed E-state index contributed by atoms with van der Waals surface area (Å²) in [6, 6.07) is 13.0. The van der Waals surface area contributed by atoms with Gasteiger partial charge in [0.15, 0.2) is 11.4 Å². The third kappa shape index (κ3) is 2.01. The lowest BCUT2D eigenvalue weighted by atomic mass is 9.76. The Morgan fingerprint density at radius 2 is 1.88 bits per heavy atom. The predicted molar refractivity (Wildman–Crippen MR) is 102 cm³/mol. The van der Waals surface area contributed by atoms with Gasteiger partial charge in [-0.3, -0.25) is 0 Å². The van der Waals surface area contributed by atoms with Crippen molar-refractivity contribution in [2.75, 3.05) is 11.4 Å². The second-order valence-electron chi connectivity index (χ2n) is 7.71. The summed E-state index contributed by atoms with van der Waals surface area (Å²) in [5, 5.41) is 0. The van der Waals surface area contributed by atoms with E-state index in [1.165, 1.54) is 16.9 Å². The summed E-state index contributed by atoms with van der Waals surface area (Å²) in [6.07, 6.45) is 5.59. The predicted octanol–water partition coefficient (Wildman–Crippen LogP) is 4.13. The standard InChI is InChI=1S/C22H27N2O/c1-6-15-24-18-10-8-7-9-17(18)21(3,4)22(24)14-13-19-20(25-22)12-11-16(2)23(19)5/h7-14H,6,15H2,1-5H3/q+1. The monoisotopic (exact) mass is 335 g/mol. The molecule has 0 saturated carbocycles. The largest absolute Gasteiger partial charge is 0.456 e. The summed E-state index contributed by atoms with van der Waals surface area (Å²) in [5.74, 6) is 0.956. The Hall–Kier alpha value is -2.29. The lowest BCUT2D eigenvalue weighted by Gasteiger charge is -2.46. The minimum atomic E-state index is -0.484. The van der Waals surface area contributed by atoms with Crippen LogP contribution in [-0.2, 0) is 12.5 Å². The van der Waals surface area contributed by atoms with Crippen molar-refractivity contribution >= 4 is 11.8 Å². The van der Waals surface area contributed by atoms with Crippen molar-refractivity contribution in [2.24, 2.45) is 7.05 Å². The maximum Gasteiger partial charge on any atom is 0.247 e. The molecular formula is C22H27N2O+. The molecule has 3 heteroatoms. The molecule has 2 aromatic rings. The Bertz CT molecular complexity index is 868. The number of aromatic nitrogens is 1. The van der Waals surface area contributed by atoms with Gasteiger partial charge >= 0.3 is 0 Å². The molecule has 25 heavy (non-hydrogen) atoms. The number of hydrogen-bond acceptors (Lipinski definition) is 2. The summed E-state index contributed by atoms with van der Waals surface area (Å²) in [4.78, 5) is 2.45. The van der Waals surface area contributed by atoms with Crippen LogP contribution in [0.4, 0.5) is 5.69 Å². The molecule has 1 aromatic heterocycles. The van der Waals surface area contributed by atoms with Crippen LogP contribution < -0.4 is 14.2 Å². The van der Waals surface area contributed by atoms with Crippen LogP contribution in [0.15, 0.2) is 42.5 Å². The molecule has 0 amide bonds. The number of nitrogens with zero attached hydrogens (tertiary/aromatic N) is 2. The van der Waals surface area contributed by atoms with E-state index in [-0.39, 0.29) is 5.41 Å². The lowest BCUT2D eigenvalue weighted by Crippen LogP contribution is -2.60. The molecule has 130 valence electrons. The van der Waals surface area contributed by atoms with Crippen LogP contribution in [0.1, 0.15) is 44.1 Å². The fourth-order valence-corrected chi connectivity index (χ4v) is 4.36. The lowest BCUT2D eigenvalue weighted by molar-refractivity contribution is -0.680. The highest BCUT2D eigenvalue weighted by Gasteiger charge is 2.59. The average molecular weight is 335 g/mol.